The minimum atomic E-state index is -0.743. The van der Waals surface area contributed by atoms with Gasteiger partial charge in [0, 0.05) is 6.61 Å². The summed E-state index contributed by atoms with van der Waals surface area (Å²) in [5.41, 5.74) is 6.63. The first kappa shape index (κ1) is 15.7. The summed E-state index contributed by atoms with van der Waals surface area (Å²) >= 11 is 0. The fraction of sp³-hybridized carbons (Fsp3) is 0.500. The van der Waals surface area contributed by atoms with Crippen molar-refractivity contribution in [3.05, 3.63) is 47.6 Å². The highest BCUT2D eigenvalue weighted by molar-refractivity contribution is 5.24. The van der Waals surface area contributed by atoms with E-state index in [1.807, 2.05) is 32.0 Å². The molecule has 0 aliphatic carbocycles. The van der Waals surface area contributed by atoms with E-state index >= 15 is 0 Å². The number of nitrogens with zero attached hydrogens (tertiary/aromatic N) is 2. The fourth-order valence-corrected chi connectivity index (χ4v) is 2.23. The number of hydrogen-bond donors (Lipinski definition) is 1. The molecule has 2 N–H and O–H groups in total. The third kappa shape index (κ3) is 3.68. The van der Waals surface area contributed by atoms with Crippen LogP contribution in [-0.4, -0.2) is 23.4 Å². The predicted octanol–water partition coefficient (Wildman–Crippen LogP) is 2.82. The average molecular weight is 289 g/mol. The van der Waals surface area contributed by atoms with Crippen molar-refractivity contribution < 1.29 is 9.26 Å². The highest BCUT2D eigenvalue weighted by atomic mass is 16.5. The molecule has 1 heterocycles. The van der Waals surface area contributed by atoms with E-state index in [-0.39, 0.29) is 5.92 Å². The zero-order valence-electron chi connectivity index (χ0n) is 12.9. The first-order chi connectivity index (χ1) is 10.1. The van der Waals surface area contributed by atoms with Crippen molar-refractivity contribution in [3.8, 4) is 0 Å². The normalized spacial score (nSPS) is 15.6. The van der Waals surface area contributed by atoms with E-state index in [0.717, 1.165) is 6.42 Å². The van der Waals surface area contributed by atoms with E-state index in [1.165, 1.54) is 5.56 Å². The van der Waals surface area contributed by atoms with E-state index in [1.54, 1.807) is 0 Å². The first-order valence-electron chi connectivity index (χ1n) is 7.34. The van der Waals surface area contributed by atoms with Crippen molar-refractivity contribution >= 4 is 0 Å². The highest BCUT2D eigenvalue weighted by Gasteiger charge is 2.29. The van der Waals surface area contributed by atoms with Gasteiger partial charge in [-0.3, -0.25) is 0 Å². The molecule has 0 amide bonds. The molecule has 2 rings (SSSR count). The lowest BCUT2D eigenvalue weighted by Crippen LogP contribution is -2.39. The van der Waals surface area contributed by atoms with Crippen LogP contribution in [0.4, 0.5) is 0 Å². The van der Waals surface area contributed by atoms with Gasteiger partial charge in [-0.25, -0.2) is 0 Å². The molecule has 0 spiro atoms. The molecule has 2 unspecified atom stereocenters. The first-order valence-corrected chi connectivity index (χ1v) is 7.34. The molecule has 2 atom stereocenters. The standard InChI is InChI=1S/C16H23N3O2/c1-4-13(12-9-7-6-8-10-12)14-18-15(19-21-14)16(3,17)11-20-5-2/h6-10,13H,4-5,11,17H2,1-3H3. The lowest BCUT2D eigenvalue weighted by atomic mass is 9.96. The van der Waals surface area contributed by atoms with Crippen LogP contribution < -0.4 is 5.73 Å². The van der Waals surface area contributed by atoms with Crippen LogP contribution in [0.1, 0.15) is 50.4 Å². The predicted molar refractivity (Wildman–Crippen MR) is 80.9 cm³/mol. The molecule has 1 aromatic heterocycles. The Kier molecular flexibility index (Phi) is 5.09. The van der Waals surface area contributed by atoms with E-state index in [4.69, 9.17) is 15.0 Å². The van der Waals surface area contributed by atoms with Crippen LogP contribution in [0, 0.1) is 0 Å². The summed E-state index contributed by atoms with van der Waals surface area (Å²) in [7, 11) is 0. The Morgan fingerprint density at radius 1 is 1.29 bits per heavy atom. The number of hydrogen-bond acceptors (Lipinski definition) is 5. The van der Waals surface area contributed by atoms with Gasteiger partial charge in [-0.05, 0) is 25.8 Å². The maximum Gasteiger partial charge on any atom is 0.234 e. The van der Waals surface area contributed by atoms with Gasteiger partial charge in [0.05, 0.1) is 12.5 Å². The third-order valence-corrected chi connectivity index (χ3v) is 3.47. The molecule has 21 heavy (non-hydrogen) atoms. The Labute approximate surface area is 125 Å². The lowest BCUT2D eigenvalue weighted by Gasteiger charge is -2.19. The minimum Gasteiger partial charge on any atom is -0.379 e. The second kappa shape index (κ2) is 6.83. The van der Waals surface area contributed by atoms with Crippen molar-refractivity contribution in [2.45, 2.75) is 38.6 Å². The number of rotatable bonds is 7. The molecule has 114 valence electrons. The van der Waals surface area contributed by atoms with Crippen molar-refractivity contribution in [2.24, 2.45) is 5.73 Å². The Morgan fingerprint density at radius 3 is 2.62 bits per heavy atom. The van der Waals surface area contributed by atoms with Gasteiger partial charge >= 0.3 is 0 Å². The molecule has 0 saturated heterocycles. The van der Waals surface area contributed by atoms with Gasteiger partial charge in [-0.2, -0.15) is 4.98 Å². The summed E-state index contributed by atoms with van der Waals surface area (Å²) in [4.78, 5) is 4.50. The molecule has 1 aromatic carbocycles. The number of nitrogens with two attached hydrogens (primary N) is 1. The molecule has 0 saturated carbocycles. The zero-order chi connectivity index (χ0) is 15.3. The van der Waals surface area contributed by atoms with Crippen molar-refractivity contribution in [3.63, 3.8) is 0 Å². The van der Waals surface area contributed by atoms with Crippen LogP contribution >= 0.6 is 0 Å². The van der Waals surface area contributed by atoms with Crippen LogP contribution in [0.25, 0.3) is 0 Å². The van der Waals surface area contributed by atoms with Gasteiger partial charge in [0.15, 0.2) is 5.82 Å². The van der Waals surface area contributed by atoms with E-state index in [0.29, 0.717) is 24.9 Å². The van der Waals surface area contributed by atoms with Gasteiger partial charge < -0.3 is 15.0 Å². The van der Waals surface area contributed by atoms with E-state index in [2.05, 4.69) is 29.2 Å². The van der Waals surface area contributed by atoms with Gasteiger partial charge in [0.25, 0.3) is 0 Å². The number of aromatic nitrogens is 2. The largest absolute Gasteiger partial charge is 0.379 e. The van der Waals surface area contributed by atoms with Gasteiger partial charge in [-0.15, -0.1) is 0 Å². The smallest absolute Gasteiger partial charge is 0.234 e. The monoisotopic (exact) mass is 289 g/mol. The van der Waals surface area contributed by atoms with E-state index in [9.17, 15) is 0 Å². The summed E-state index contributed by atoms with van der Waals surface area (Å²) < 4.78 is 10.8. The topological polar surface area (TPSA) is 74.2 Å². The second-order valence-electron chi connectivity index (χ2n) is 5.38. The molecule has 0 radical (unpaired) electrons. The van der Waals surface area contributed by atoms with Crippen molar-refractivity contribution in [1.29, 1.82) is 0 Å². The molecule has 0 fully saturated rings. The third-order valence-electron chi connectivity index (χ3n) is 3.47. The molecule has 0 aliphatic heterocycles. The Balaban J connectivity index is 2.22. The lowest BCUT2D eigenvalue weighted by molar-refractivity contribution is 0.0962. The molecular formula is C16H23N3O2. The summed E-state index contributed by atoms with van der Waals surface area (Å²) in [5.74, 6) is 1.18. The second-order valence-corrected chi connectivity index (χ2v) is 5.38. The SMILES string of the molecule is CCOCC(C)(N)c1noc(C(CC)c2ccccc2)n1. The Bertz CT molecular complexity index is 552. The summed E-state index contributed by atoms with van der Waals surface area (Å²) in [6.45, 7) is 6.86. The van der Waals surface area contributed by atoms with Gasteiger partial charge in [0.2, 0.25) is 5.89 Å². The Morgan fingerprint density at radius 2 is 2.00 bits per heavy atom. The Hall–Kier alpha value is -1.72. The van der Waals surface area contributed by atoms with Crippen LogP contribution in [-0.2, 0) is 10.3 Å². The quantitative estimate of drug-likeness (QED) is 0.848. The van der Waals surface area contributed by atoms with Crippen LogP contribution in [0.3, 0.4) is 0 Å². The van der Waals surface area contributed by atoms with Crippen LogP contribution in [0.15, 0.2) is 34.9 Å². The minimum absolute atomic E-state index is 0.0929. The maximum atomic E-state index is 6.21. The number of benzene rings is 1. The maximum absolute atomic E-state index is 6.21. The molecule has 5 heteroatoms. The summed E-state index contributed by atoms with van der Waals surface area (Å²) in [5, 5.41) is 4.04. The van der Waals surface area contributed by atoms with Crippen molar-refractivity contribution in [1.82, 2.24) is 10.1 Å². The van der Waals surface area contributed by atoms with E-state index < -0.39 is 5.54 Å². The molecule has 0 aliphatic rings. The van der Waals surface area contributed by atoms with Crippen LogP contribution in [0.2, 0.25) is 0 Å². The zero-order valence-corrected chi connectivity index (χ0v) is 12.9. The molecule has 2 aromatic rings. The van der Waals surface area contributed by atoms with Crippen molar-refractivity contribution in [2.75, 3.05) is 13.2 Å². The summed E-state index contributed by atoms with van der Waals surface area (Å²) in [6.07, 6.45) is 0.887. The highest BCUT2D eigenvalue weighted by Crippen LogP contribution is 2.27. The molecule has 5 nitrogen and oxygen atoms in total. The van der Waals surface area contributed by atoms with Gasteiger partial charge in [-0.1, -0.05) is 42.4 Å². The average Bonchev–Trinajstić information content (AvgIpc) is 2.98. The van der Waals surface area contributed by atoms with Gasteiger partial charge in [0.1, 0.15) is 5.54 Å². The molecular weight excluding hydrogens is 266 g/mol. The number of ether oxygens (including phenoxy) is 1. The summed E-state index contributed by atoms with van der Waals surface area (Å²) in [6, 6.07) is 10.2. The molecule has 0 bridgehead atoms. The fourth-order valence-electron chi connectivity index (χ4n) is 2.23. The van der Waals surface area contributed by atoms with Crippen LogP contribution in [0.5, 0.6) is 0 Å².